The third kappa shape index (κ3) is 3.74. The van der Waals surface area contributed by atoms with E-state index in [1.807, 2.05) is 0 Å². The van der Waals surface area contributed by atoms with Gasteiger partial charge in [0.2, 0.25) is 0 Å². The van der Waals surface area contributed by atoms with Crippen molar-refractivity contribution in [3.05, 3.63) is 0 Å². The highest BCUT2D eigenvalue weighted by Gasteiger charge is 2.28. The molecule has 0 aromatic carbocycles. The first-order valence-corrected chi connectivity index (χ1v) is 4.50. The van der Waals surface area contributed by atoms with Gasteiger partial charge in [-0.05, 0) is 0 Å². The lowest BCUT2D eigenvalue weighted by Gasteiger charge is -2.09. The summed E-state index contributed by atoms with van der Waals surface area (Å²) >= 11 is 0. The second-order valence-corrected chi connectivity index (χ2v) is 3.23. The Balaban J connectivity index is 2.20. The molecule has 0 saturated carbocycles. The molecule has 0 aliphatic carbocycles. The first-order chi connectivity index (χ1) is 6.58. The van der Waals surface area contributed by atoms with Gasteiger partial charge in [-0.1, -0.05) is 0 Å². The lowest BCUT2D eigenvalue weighted by Crippen LogP contribution is -2.18. The SMILES string of the molecule is CC(=O)OC[C@@H]1C[C@@H](OC(C)=O)CO1. The fourth-order valence-electron chi connectivity index (χ4n) is 1.32. The quantitative estimate of drug-likeness (QED) is 0.615. The van der Waals surface area contributed by atoms with Crippen LogP contribution in [0, 0.1) is 0 Å². The van der Waals surface area contributed by atoms with Crippen molar-refractivity contribution in [3.8, 4) is 0 Å². The molecular weight excluding hydrogens is 188 g/mol. The summed E-state index contributed by atoms with van der Waals surface area (Å²) in [6.45, 7) is 3.32. The zero-order chi connectivity index (χ0) is 10.6. The molecule has 14 heavy (non-hydrogen) atoms. The summed E-state index contributed by atoms with van der Waals surface area (Å²) in [5.74, 6) is -0.642. The van der Waals surface area contributed by atoms with E-state index in [9.17, 15) is 9.59 Å². The molecule has 2 atom stereocenters. The smallest absolute Gasteiger partial charge is 0.302 e. The highest BCUT2D eigenvalue weighted by atomic mass is 16.6. The first-order valence-electron chi connectivity index (χ1n) is 4.50. The Hall–Kier alpha value is -1.10. The van der Waals surface area contributed by atoms with E-state index in [-0.39, 0.29) is 30.8 Å². The molecule has 0 bridgehead atoms. The average molecular weight is 202 g/mol. The van der Waals surface area contributed by atoms with Crippen LogP contribution in [0.3, 0.4) is 0 Å². The van der Waals surface area contributed by atoms with Gasteiger partial charge >= 0.3 is 11.9 Å². The summed E-state index contributed by atoms with van der Waals surface area (Å²) in [6.07, 6.45) is 0.239. The van der Waals surface area contributed by atoms with Crippen LogP contribution in [0.25, 0.3) is 0 Å². The van der Waals surface area contributed by atoms with Crippen LogP contribution in [0.1, 0.15) is 20.3 Å². The zero-order valence-corrected chi connectivity index (χ0v) is 8.32. The van der Waals surface area contributed by atoms with E-state index < -0.39 is 0 Å². The van der Waals surface area contributed by atoms with Crippen molar-refractivity contribution < 1.29 is 23.8 Å². The fraction of sp³-hybridized carbons (Fsp3) is 0.778. The molecule has 5 heteroatoms. The van der Waals surface area contributed by atoms with Crippen molar-refractivity contribution in [1.29, 1.82) is 0 Å². The van der Waals surface area contributed by atoms with Crippen LogP contribution in [-0.2, 0) is 23.8 Å². The highest BCUT2D eigenvalue weighted by Crippen LogP contribution is 2.16. The molecule has 0 aromatic rings. The maximum atomic E-state index is 10.6. The Bertz CT molecular complexity index is 225. The molecule has 1 fully saturated rings. The second kappa shape index (κ2) is 4.95. The van der Waals surface area contributed by atoms with E-state index in [0.29, 0.717) is 13.0 Å². The minimum absolute atomic E-state index is 0.150. The third-order valence-electron chi connectivity index (χ3n) is 1.85. The minimum atomic E-state index is -0.329. The van der Waals surface area contributed by atoms with Gasteiger partial charge in [0, 0.05) is 20.3 Å². The van der Waals surface area contributed by atoms with Crippen molar-refractivity contribution >= 4 is 11.9 Å². The fourth-order valence-corrected chi connectivity index (χ4v) is 1.32. The topological polar surface area (TPSA) is 61.8 Å². The van der Waals surface area contributed by atoms with E-state index in [2.05, 4.69) is 0 Å². The van der Waals surface area contributed by atoms with E-state index in [1.165, 1.54) is 13.8 Å². The average Bonchev–Trinajstić information content (AvgIpc) is 2.47. The number of carbonyl (C=O) groups excluding carboxylic acids is 2. The zero-order valence-electron chi connectivity index (χ0n) is 8.32. The van der Waals surface area contributed by atoms with Gasteiger partial charge in [0.15, 0.2) is 0 Å². The molecule has 1 aliphatic heterocycles. The Kier molecular flexibility index (Phi) is 3.88. The predicted molar refractivity (Wildman–Crippen MR) is 46.5 cm³/mol. The molecule has 0 amide bonds. The van der Waals surface area contributed by atoms with Crippen LogP contribution in [0.2, 0.25) is 0 Å². The third-order valence-corrected chi connectivity index (χ3v) is 1.85. The largest absolute Gasteiger partial charge is 0.463 e. The van der Waals surface area contributed by atoms with Gasteiger partial charge in [0.05, 0.1) is 12.7 Å². The molecule has 1 rings (SSSR count). The summed E-state index contributed by atoms with van der Waals surface area (Å²) in [7, 11) is 0. The molecule has 5 nitrogen and oxygen atoms in total. The summed E-state index contributed by atoms with van der Waals surface area (Å²) in [5, 5.41) is 0. The maximum Gasteiger partial charge on any atom is 0.302 e. The van der Waals surface area contributed by atoms with Gasteiger partial charge < -0.3 is 14.2 Å². The molecule has 0 aromatic heterocycles. The van der Waals surface area contributed by atoms with Crippen LogP contribution >= 0.6 is 0 Å². The monoisotopic (exact) mass is 202 g/mol. The lowest BCUT2D eigenvalue weighted by molar-refractivity contribution is -0.146. The molecule has 0 radical (unpaired) electrons. The lowest BCUT2D eigenvalue weighted by atomic mass is 10.2. The van der Waals surface area contributed by atoms with E-state index in [1.54, 1.807) is 0 Å². The van der Waals surface area contributed by atoms with Crippen LogP contribution in [0.5, 0.6) is 0 Å². The molecule has 1 heterocycles. The van der Waals surface area contributed by atoms with Crippen LogP contribution in [-0.4, -0.2) is 37.4 Å². The number of hydrogen-bond acceptors (Lipinski definition) is 5. The molecular formula is C9H14O5. The van der Waals surface area contributed by atoms with Gasteiger partial charge in [-0.2, -0.15) is 0 Å². The predicted octanol–water partition coefficient (Wildman–Crippen LogP) is 0.270. The van der Waals surface area contributed by atoms with Crippen LogP contribution in [0.15, 0.2) is 0 Å². The van der Waals surface area contributed by atoms with Crippen LogP contribution in [0.4, 0.5) is 0 Å². The number of hydrogen-bond donors (Lipinski definition) is 0. The Morgan fingerprint density at radius 2 is 2.07 bits per heavy atom. The molecule has 0 N–H and O–H groups in total. The van der Waals surface area contributed by atoms with E-state index in [4.69, 9.17) is 14.2 Å². The number of rotatable bonds is 3. The van der Waals surface area contributed by atoms with Crippen LogP contribution < -0.4 is 0 Å². The standard InChI is InChI=1S/C9H14O5/c1-6(10)12-4-8-3-9(5-13-8)14-7(2)11/h8-9H,3-5H2,1-2H3/t8-,9+/m0/s1. The van der Waals surface area contributed by atoms with Gasteiger partial charge in [0.1, 0.15) is 12.7 Å². The minimum Gasteiger partial charge on any atom is -0.463 e. The van der Waals surface area contributed by atoms with Crippen molar-refractivity contribution in [1.82, 2.24) is 0 Å². The number of ether oxygens (including phenoxy) is 3. The molecule has 80 valence electrons. The summed E-state index contributed by atoms with van der Waals surface area (Å²) in [6, 6.07) is 0. The van der Waals surface area contributed by atoms with Crippen molar-refractivity contribution in [2.24, 2.45) is 0 Å². The summed E-state index contributed by atoms with van der Waals surface area (Å²) in [4.78, 5) is 21.1. The van der Waals surface area contributed by atoms with E-state index in [0.717, 1.165) is 0 Å². The Morgan fingerprint density at radius 1 is 1.36 bits per heavy atom. The number of esters is 2. The van der Waals surface area contributed by atoms with Crippen molar-refractivity contribution in [3.63, 3.8) is 0 Å². The highest BCUT2D eigenvalue weighted by molar-refractivity contribution is 5.66. The second-order valence-electron chi connectivity index (χ2n) is 3.23. The van der Waals surface area contributed by atoms with Crippen molar-refractivity contribution in [2.75, 3.05) is 13.2 Å². The molecule has 0 unspecified atom stereocenters. The van der Waals surface area contributed by atoms with Gasteiger partial charge in [-0.3, -0.25) is 9.59 Å². The Labute approximate surface area is 82.3 Å². The maximum absolute atomic E-state index is 10.6. The van der Waals surface area contributed by atoms with E-state index >= 15 is 0 Å². The van der Waals surface area contributed by atoms with Gasteiger partial charge in [0.25, 0.3) is 0 Å². The Morgan fingerprint density at radius 3 is 2.64 bits per heavy atom. The summed E-state index contributed by atoms with van der Waals surface area (Å²) < 4.78 is 15.0. The molecule has 0 spiro atoms. The summed E-state index contributed by atoms with van der Waals surface area (Å²) in [5.41, 5.74) is 0. The molecule has 1 aliphatic rings. The first kappa shape index (κ1) is 11.0. The molecule has 1 saturated heterocycles. The number of carbonyl (C=O) groups is 2. The van der Waals surface area contributed by atoms with Gasteiger partial charge in [-0.25, -0.2) is 0 Å². The van der Waals surface area contributed by atoms with Crippen molar-refractivity contribution in [2.45, 2.75) is 32.5 Å². The normalized spacial score (nSPS) is 25.9. The van der Waals surface area contributed by atoms with Gasteiger partial charge in [-0.15, -0.1) is 0 Å².